The number of aromatic hydroxyl groups is 1. The molecule has 3 aromatic heterocycles. The number of para-hydroxylation sites is 1. The number of benzene rings is 5. The van der Waals surface area contributed by atoms with E-state index in [1.807, 2.05) is 24.3 Å². The first kappa shape index (κ1) is 77.8. The highest BCUT2D eigenvalue weighted by Crippen LogP contribution is 2.53. The van der Waals surface area contributed by atoms with Crippen molar-refractivity contribution in [1.29, 1.82) is 0 Å². The molecule has 10 amide bonds. The number of nitrogens with zero attached hydrogens (tertiary/aromatic N) is 2. The fraction of sp³-hybridized carbons (Fsp3) is 0.360. The van der Waals surface area contributed by atoms with Gasteiger partial charge >= 0.3 is 5.97 Å². The standard InChI is InChI=1S/C75H83F2N15O14S2/c76-45-14-18-55-51(26-45)44(32-81-55)25-58-69(100)87-60(30-66(96)97)71(102)86-59(28-47-33-80-40-84-47)70(101)88-61(24-41-12-16-48(93)17-13-41)73(104)92-36-50(106-49-9-2-1-3-10-49)29-63(92)72(103)89-62(67(79)98)39-108-38-43-8-6-7-42(23-43)37-107-22-20-64(94)85-57(11-4-5-21-78)68(99)83-35-65(95)91-75(74(105)90-58)31-54(75)53-34-82-56-19-15-46(77)27-52(53)56/h1-3,6-10,12-19,23,26-27,32-34,40,50,54,57-63,81-82,93H,4-5,11,20-22,24-25,28-31,35-39,78H2,(H2,79,98)(H,80,84)(H,83,99)(H,85,94)(H,86,102)(H,87,100)(H,88,101)(H,89,103)(H,90,105)(H,91,95)(H,96,97)/t50-,54+,57-,58-,59-,60-,61-,62-,63-,75?/m0/s1. The minimum absolute atomic E-state index is 0.000363. The molecule has 1 saturated carbocycles. The number of rotatable bonds is 16. The summed E-state index contributed by atoms with van der Waals surface area (Å²) in [5, 5.41) is 42.7. The lowest BCUT2D eigenvalue weighted by atomic mass is 10.0. The van der Waals surface area contributed by atoms with Crippen LogP contribution >= 0.6 is 23.5 Å². The van der Waals surface area contributed by atoms with Gasteiger partial charge in [-0.25, -0.2) is 13.8 Å². The number of H-pyrrole nitrogens is 3. The highest BCUT2D eigenvalue weighted by Gasteiger charge is 2.63. The van der Waals surface area contributed by atoms with E-state index in [0.717, 1.165) is 11.1 Å². The highest BCUT2D eigenvalue weighted by atomic mass is 32.2. The van der Waals surface area contributed by atoms with E-state index in [4.69, 9.17) is 16.2 Å². The number of ether oxygens (including phenoxy) is 1. The number of thioether (sulfide) groups is 2. The molecule has 3 aliphatic rings. The number of unbranched alkanes of at least 4 members (excludes halogenated alkanes) is 1. The molecule has 0 radical (unpaired) electrons. The predicted octanol–water partition coefficient (Wildman–Crippen LogP) is 3.16. The first-order chi connectivity index (χ1) is 52.0. The lowest BCUT2D eigenvalue weighted by molar-refractivity contribution is -0.143. The number of primary amides is 1. The Kier molecular flexibility index (Phi) is 25.8. The van der Waals surface area contributed by atoms with Crippen molar-refractivity contribution in [2.24, 2.45) is 11.5 Å². The van der Waals surface area contributed by atoms with E-state index < -0.39 is 162 Å². The minimum Gasteiger partial charge on any atom is -0.508 e. The zero-order valence-corrected chi connectivity index (χ0v) is 60.0. The third kappa shape index (κ3) is 20.2. The van der Waals surface area contributed by atoms with Gasteiger partial charge in [-0.05, 0) is 121 Å². The number of carboxylic acid groups (broad SMARTS) is 1. The molecule has 11 rings (SSSR count). The van der Waals surface area contributed by atoms with Crippen molar-refractivity contribution in [2.75, 3.05) is 31.1 Å². The van der Waals surface area contributed by atoms with Crippen LogP contribution in [0.4, 0.5) is 8.78 Å². The number of aromatic nitrogens is 4. The number of nitrogens with one attached hydrogen (secondary N) is 11. The molecule has 1 saturated heterocycles. The minimum atomic E-state index is -2.07. The fourth-order valence-corrected chi connectivity index (χ4v) is 15.3. The normalized spacial score (nSPS) is 23.7. The number of carbonyl (C=O) groups is 11. The van der Waals surface area contributed by atoms with Gasteiger partial charge < -0.3 is 88.8 Å². The first-order valence-corrected chi connectivity index (χ1v) is 37.4. The van der Waals surface area contributed by atoms with Crippen LogP contribution in [0.3, 0.4) is 0 Å². The number of hydrogen-bond acceptors (Lipinski definition) is 17. The molecule has 1 spiro atoms. The number of carboxylic acids is 1. The molecule has 5 aromatic carbocycles. The first-order valence-electron chi connectivity index (χ1n) is 35.1. The molecule has 17 N–H and O–H groups in total. The zero-order valence-electron chi connectivity index (χ0n) is 58.4. The molecule has 33 heteroatoms. The second-order valence-electron chi connectivity index (χ2n) is 26.9. The SMILES string of the molecule is NCCCC[C@@H]1NC(=O)CCSCc2cccc(c2)CSC[C@@H](C(N)=O)NC(=O)[C@@H]2C[C@H](Oc3ccccc3)CN2C(=O)[C@H](Cc2ccc(O)cc2)NC(=O)[C@H](Cc2cnc[nH]2)NC(=O)[C@H](CC(=O)O)NC(=O)[C@H](Cc2c[nH]c3ccc(F)cc23)NC(=O)C2(C[C@@H]2c2c[nH]c3ccc(F)cc23)NC(=O)CNC1=O. The summed E-state index contributed by atoms with van der Waals surface area (Å²) in [5.74, 6) is -11.5. The smallest absolute Gasteiger partial charge is 0.305 e. The maximum atomic E-state index is 15.6. The Hall–Kier alpha value is -11.3. The van der Waals surface area contributed by atoms with E-state index in [0.29, 0.717) is 69.9 Å². The molecule has 2 aliphatic heterocycles. The molecule has 1 unspecified atom stereocenters. The monoisotopic (exact) mass is 1520 g/mol. The van der Waals surface area contributed by atoms with Crippen LogP contribution in [0, 0.1) is 11.6 Å². The number of nitrogens with two attached hydrogens (primary N) is 2. The van der Waals surface area contributed by atoms with Crippen LogP contribution < -0.4 is 58.7 Å². The van der Waals surface area contributed by atoms with Gasteiger partial charge in [0.15, 0.2) is 0 Å². The molecular formula is C75H83F2N15O14S2. The van der Waals surface area contributed by atoms with Crippen LogP contribution in [-0.4, -0.2) is 185 Å². The van der Waals surface area contributed by atoms with Gasteiger partial charge in [0.25, 0.3) is 0 Å². The van der Waals surface area contributed by atoms with Gasteiger partial charge in [-0.2, -0.15) is 23.5 Å². The van der Waals surface area contributed by atoms with Gasteiger partial charge in [0, 0.05) is 107 Å². The van der Waals surface area contributed by atoms with E-state index in [1.54, 1.807) is 30.3 Å². The predicted molar refractivity (Wildman–Crippen MR) is 396 cm³/mol. The quantitative estimate of drug-likeness (QED) is 0.0618. The Balaban J connectivity index is 0.940. The van der Waals surface area contributed by atoms with Crippen molar-refractivity contribution in [3.8, 4) is 11.5 Å². The third-order valence-electron chi connectivity index (χ3n) is 19.0. The number of fused-ring (bicyclic) bond motifs is 5. The fourth-order valence-electron chi connectivity index (χ4n) is 13.4. The second kappa shape index (κ2) is 35.8. The highest BCUT2D eigenvalue weighted by molar-refractivity contribution is 7.98. The number of aliphatic carboxylic acids is 1. The van der Waals surface area contributed by atoms with Gasteiger partial charge in [0.2, 0.25) is 59.1 Å². The van der Waals surface area contributed by atoms with Crippen molar-refractivity contribution >= 4 is 110 Å². The molecule has 5 heterocycles. The maximum absolute atomic E-state index is 15.6. The summed E-state index contributed by atoms with van der Waals surface area (Å²) in [4.78, 5) is 174. The summed E-state index contributed by atoms with van der Waals surface area (Å²) >= 11 is 2.76. The Morgan fingerprint density at radius 2 is 1.34 bits per heavy atom. The summed E-state index contributed by atoms with van der Waals surface area (Å²) < 4.78 is 36.5. The lowest BCUT2D eigenvalue weighted by Gasteiger charge is -2.30. The Bertz CT molecular complexity index is 4610. The van der Waals surface area contributed by atoms with Gasteiger partial charge in [-0.1, -0.05) is 54.6 Å². The van der Waals surface area contributed by atoms with Crippen LogP contribution in [0.5, 0.6) is 11.5 Å². The third-order valence-corrected chi connectivity index (χ3v) is 21.2. The van der Waals surface area contributed by atoms with Crippen LogP contribution in [0.2, 0.25) is 0 Å². The number of halogens is 2. The van der Waals surface area contributed by atoms with Crippen LogP contribution in [-0.2, 0) is 83.5 Å². The van der Waals surface area contributed by atoms with Gasteiger partial charge in [0.05, 0.1) is 25.8 Å². The number of phenolic OH excluding ortho intramolecular Hbond substituents is 1. The topological polar surface area (TPSA) is 449 Å². The van der Waals surface area contributed by atoms with Gasteiger partial charge in [-0.3, -0.25) is 52.7 Å². The van der Waals surface area contributed by atoms with Crippen LogP contribution in [0.1, 0.15) is 84.4 Å². The van der Waals surface area contributed by atoms with Crippen molar-refractivity contribution in [1.82, 2.24) is 67.4 Å². The van der Waals surface area contributed by atoms with Gasteiger partial charge in [-0.15, -0.1) is 0 Å². The molecule has 108 heavy (non-hydrogen) atoms. The Labute approximate surface area is 626 Å². The number of hydrogen-bond donors (Lipinski definition) is 15. The number of amides is 10. The second-order valence-corrected chi connectivity index (χ2v) is 29.0. The zero-order chi connectivity index (χ0) is 76.6. The van der Waals surface area contributed by atoms with Crippen LogP contribution in [0.25, 0.3) is 21.8 Å². The molecule has 2 fully saturated rings. The number of imidazole rings is 1. The lowest BCUT2D eigenvalue weighted by Crippen LogP contribution is -2.61. The summed E-state index contributed by atoms with van der Waals surface area (Å²) in [6.07, 6.45) is 3.18. The summed E-state index contributed by atoms with van der Waals surface area (Å²) in [7, 11) is 0. The Morgan fingerprint density at radius 3 is 2.05 bits per heavy atom. The number of aromatic amines is 3. The van der Waals surface area contributed by atoms with Crippen molar-refractivity contribution in [3.63, 3.8) is 0 Å². The summed E-state index contributed by atoms with van der Waals surface area (Å²) in [6.45, 7) is -0.679. The molecular weight excluding hydrogens is 1440 g/mol. The summed E-state index contributed by atoms with van der Waals surface area (Å²) in [5.41, 5.74) is 13.7. The van der Waals surface area contributed by atoms with Crippen molar-refractivity contribution < 1.29 is 76.5 Å². The number of carbonyl (C=O) groups excluding carboxylic acids is 10. The largest absolute Gasteiger partial charge is 0.508 e. The average molecular weight is 1520 g/mol. The van der Waals surface area contributed by atoms with E-state index in [1.165, 1.54) is 114 Å². The average Bonchev–Trinajstić information content (AvgIpc) is 1.55. The number of phenols is 1. The van der Waals surface area contributed by atoms with Crippen molar-refractivity contribution in [3.05, 3.63) is 185 Å². The molecule has 8 aromatic rings. The Morgan fingerprint density at radius 1 is 0.667 bits per heavy atom. The molecule has 2 bridgehead atoms. The van der Waals surface area contributed by atoms with E-state index in [2.05, 4.69) is 62.5 Å². The van der Waals surface area contributed by atoms with Crippen LogP contribution in [0.15, 0.2) is 140 Å². The molecule has 29 nitrogen and oxygen atoms in total. The van der Waals surface area contributed by atoms with E-state index in [-0.39, 0.29) is 66.8 Å². The van der Waals surface area contributed by atoms with Crippen molar-refractivity contribution in [2.45, 2.75) is 136 Å². The van der Waals surface area contributed by atoms with E-state index >= 15 is 32.8 Å². The maximum Gasteiger partial charge on any atom is 0.305 e. The summed E-state index contributed by atoms with van der Waals surface area (Å²) in [6, 6.07) is 18.6. The van der Waals surface area contributed by atoms with Gasteiger partial charge in [0.1, 0.15) is 77.1 Å². The molecule has 10 atom stereocenters. The van der Waals surface area contributed by atoms with E-state index in [9.17, 15) is 39.0 Å². The molecule has 568 valence electrons. The molecule has 1 aliphatic carbocycles.